The zero-order valence-electron chi connectivity index (χ0n) is 9.28. The molecule has 0 saturated heterocycles. The van der Waals surface area contributed by atoms with E-state index in [1.807, 2.05) is 0 Å². The Hall–Kier alpha value is -0.330. The number of halogens is 2. The van der Waals surface area contributed by atoms with E-state index in [2.05, 4.69) is 4.72 Å². The van der Waals surface area contributed by atoms with Gasteiger partial charge in [-0.05, 0) is 24.6 Å². The number of rotatable bonds is 5. The van der Waals surface area contributed by atoms with Gasteiger partial charge in [0.1, 0.15) is 0 Å². The lowest BCUT2D eigenvalue weighted by molar-refractivity contribution is 0.567. The van der Waals surface area contributed by atoms with E-state index in [4.69, 9.17) is 28.9 Å². The van der Waals surface area contributed by atoms with Crippen LogP contribution in [-0.2, 0) is 10.0 Å². The first-order chi connectivity index (χ1) is 7.85. The van der Waals surface area contributed by atoms with E-state index in [9.17, 15) is 8.42 Å². The summed E-state index contributed by atoms with van der Waals surface area (Å²) in [7, 11) is -3.37. The summed E-state index contributed by atoms with van der Waals surface area (Å²) in [6.45, 7) is 1.79. The Morgan fingerprint density at radius 3 is 2.59 bits per heavy atom. The Balaban J connectivity index is 2.87. The Bertz CT molecular complexity index is 491. The monoisotopic (exact) mass is 296 g/mol. The molecule has 0 bridgehead atoms. The second kappa shape index (κ2) is 6.02. The summed E-state index contributed by atoms with van der Waals surface area (Å²) in [5.41, 5.74) is 5.89. The van der Waals surface area contributed by atoms with Crippen molar-refractivity contribution in [1.82, 2.24) is 4.72 Å². The fourth-order valence-electron chi connectivity index (χ4n) is 1.40. The molecule has 0 aromatic heterocycles. The minimum absolute atomic E-state index is 0.0798. The summed E-state index contributed by atoms with van der Waals surface area (Å²) in [5.74, 6) is -0.109. The van der Waals surface area contributed by atoms with Gasteiger partial charge in [-0.2, -0.15) is 0 Å². The summed E-state index contributed by atoms with van der Waals surface area (Å²) in [5, 5.41) is 0.941. The molecule has 1 unspecified atom stereocenters. The molecule has 0 aliphatic carbocycles. The van der Waals surface area contributed by atoms with Crippen molar-refractivity contribution in [2.75, 3.05) is 12.3 Å². The Morgan fingerprint density at radius 2 is 2.06 bits per heavy atom. The van der Waals surface area contributed by atoms with Gasteiger partial charge in [0, 0.05) is 22.6 Å². The van der Waals surface area contributed by atoms with Crippen molar-refractivity contribution in [3.63, 3.8) is 0 Å². The summed E-state index contributed by atoms with van der Waals surface area (Å²) >= 11 is 11.8. The molecule has 0 heterocycles. The van der Waals surface area contributed by atoms with E-state index >= 15 is 0 Å². The van der Waals surface area contributed by atoms with Crippen LogP contribution in [0.3, 0.4) is 0 Å². The molecule has 0 fully saturated rings. The average molecular weight is 297 g/mol. The van der Waals surface area contributed by atoms with Crippen LogP contribution < -0.4 is 10.5 Å². The molecule has 17 heavy (non-hydrogen) atoms. The van der Waals surface area contributed by atoms with Crippen LogP contribution in [0.25, 0.3) is 0 Å². The third-order valence-corrected chi connectivity index (χ3v) is 4.22. The molecule has 1 rings (SSSR count). The van der Waals surface area contributed by atoms with Gasteiger partial charge in [-0.1, -0.05) is 29.3 Å². The number of hydrogen-bond donors (Lipinski definition) is 2. The molecule has 0 aliphatic heterocycles. The molecule has 1 atom stereocenters. The molecule has 96 valence electrons. The molecular weight excluding hydrogens is 283 g/mol. The summed E-state index contributed by atoms with van der Waals surface area (Å²) in [6.07, 6.45) is 0. The van der Waals surface area contributed by atoms with E-state index < -0.39 is 16.1 Å². The second-order valence-electron chi connectivity index (χ2n) is 3.61. The third kappa shape index (κ3) is 4.44. The quantitative estimate of drug-likeness (QED) is 0.872. The van der Waals surface area contributed by atoms with Crippen LogP contribution in [0.15, 0.2) is 18.2 Å². The molecule has 3 N–H and O–H groups in total. The van der Waals surface area contributed by atoms with Gasteiger partial charge in [0.15, 0.2) is 0 Å². The minimum Gasteiger partial charge on any atom is -0.329 e. The van der Waals surface area contributed by atoms with Gasteiger partial charge in [-0.3, -0.25) is 0 Å². The number of benzene rings is 1. The van der Waals surface area contributed by atoms with Crippen molar-refractivity contribution >= 4 is 33.2 Å². The van der Waals surface area contributed by atoms with Gasteiger partial charge in [-0.25, -0.2) is 13.1 Å². The van der Waals surface area contributed by atoms with Crippen LogP contribution in [0.5, 0.6) is 0 Å². The molecule has 0 radical (unpaired) electrons. The number of sulfonamides is 1. The van der Waals surface area contributed by atoms with Crippen LogP contribution in [0.4, 0.5) is 0 Å². The molecule has 1 aromatic rings. The van der Waals surface area contributed by atoms with Crippen molar-refractivity contribution in [3.05, 3.63) is 33.8 Å². The van der Waals surface area contributed by atoms with Crippen LogP contribution in [0.1, 0.15) is 18.5 Å². The van der Waals surface area contributed by atoms with Gasteiger partial charge >= 0.3 is 0 Å². The standard InChI is InChI=1S/C10H14Cl2N2O2S/c1-7(14-17(15,16)5-4-13)9-3-2-8(11)6-10(9)12/h2-3,6-7,14H,4-5,13H2,1H3. The largest absolute Gasteiger partial charge is 0.329 e. The van der Waals surface area contributed by atoms with Crippen molar-refractivity contribution in [1.29, 1.82) is 0 Å². The Kier molecular flexibility index (Phi) is 5.22. The van der Waals surface area contributed by atoms with Crippen LogP contribution >= 0.6 is 23.2 Å². The van der Waals surface area contributed by atoms with Crippen LogP contribution in [-0.4, -0.2) is 20.7 Å². The van der Waals surface area contributed by atoms with E-state index in [1.165, 1.54) is 0 Å². The normalized spacial score (nSPS) is 13.6. The molecule has 0 aliphatic rings. The molecule has 7 heteroatoms. The third-order valence-electron chi connectivity index (χ3n) is 2.17. The van der Waals surface area contributed by atoms with Gasteiger partial charge < -0.3 is 5.73 Å². The lowest BCUT2D eigenvalue weighted by Crippen LogP contribution is -2.32. The van der Waals surface area contributed by atoms with Gasteiger partial charge in [0.2, 0.25) is 10.0 Å². The Morgan fingerprint density at radius 1 is 1.41 bits per heavy atom. The highest BCUT2D eigenvalue weighted by Gasteiger charge is 2.16. The lowest BCUT2D eigenvalue weighted by atomic mass is 10.1. The zero-order chi connectivity index (χ0) is 13.1. The maximum absolute atomic E-state index is 11.5. The smallest absolute Gasteiger partial charge is 0.213 e. The van der Waals surface area contributed by atoms with Crippen molar-refractivity contribution < 1.29 is 8.42 Å². The summed E-state index contributed by atoms with van der Waals surface area (Å²) in [4.78, 5) is 0. The first-order valence-electron chi connectivity index (χ1n) is 5.01. The van der Waals surface area contributed by atoms with E-state index in [1.54, 1.807) is 25.1 Å². The average Bonchev–Trinajstić information content (AvgIpc) is 2.15. The lowest BCUT2D eigenvalue weighted by Gasteiger charge is -2.15. The molecule has 4 nitrogen and oxygen atoms in total. The fraction of sp³-hybridized carbons (Fsp3) is 0.400. The molecule has 0 saturated carbocycles. The second-order valence-corrected chi connectivity index (χ2v) is 6.33. The van der Waals surface area contributed by atoms with E-state index in [0.29, 0.717) is 15.6 Å². The van der Waals surface area contributed by atoms with E-state index in [-0.39, 0.29) is 12.3 Å². The minimum atomic E-state index is -3.37. The highest BCUT2D eigenvalue weighted by Crippen LogP contribution is 2.26. The maximum Gasteiger partial charge on any atom is 0.213 e. The SMILES string of the molecule is CC(NS(=O)(=O)CCN)c1ccc(Cl)cc1Cl. The van der Waals surface area contributed by atoms with Crippen LogP contribution in [0.2, 0.25) is 10.0 Å². The number of hydrogen-bond acceptors (Lipinski definition) is 3. The number of nitrogens with two attached hydrogens (primary N) is 1. The highest BCUT2D eigenvalue weighted by molar-refractivity contribution is 7.89. The molecule has 0 amide bonds. The Labute approximate surface area is 111 Å². The first-order valence-corrected chi connectivity index (χ1v) is 7.41. The zero-order valence-corrected chi connectivity index (χ0v) is 11.6. The van der Waals surface area contributed by atoms with Gasteiger partial charge in [0.05, 0.1) is 5.75 Å². The van der Waals surface area contributed by atoms with Gasteiger partial charge in [0.25, 0.3) is 0 Å². The predicted molar refractivity (Wildman–Crippen MR) is 70.9 cm³/mol. The summed E-state index contributed by atoms with van der Waals surface area (Å²) < 4.78 is 25.6. The van der Waals surface area contributed by atoms with Crippen LogP contribution in [0, 0.1) is 0 Å². The topological polar surface area (TPSA) is 72.2 Å². The summed E-state index contributed by atoms with van der Waals surface area (Å²) in [6, 6.07) is 4.51. The van der Waals surface area contributed by atoms with Crippen molar-refractivity contribution in [3.8, 4) is 0 Å². The predicted octanol–water partition coefficient (Wildman–Crippen LogP) is 1.93. The maximum atomic E-state index is 11.5. The molecule has 0 spiro atoms. The number of nitrogens with one attached hydrogen (secondary N) is 1. The highest BCUT2D eigenvalue weighted by atomic mass is 35.5. The molecule has 1 aromatic carbocycles. The van der Waals surface area contributed by atoms with Crippen molar-refractivity contribution in [2.24, 2.45) is 5.73 Å². The van der Waals surface area contributed by atoms with Crippen molar-refractivity contribution in [2.45, 2.75) is 13.0 Å². The van der Waals surface area contributed by atoms with Gasteiger partial charge in [-0.15, -0.1) is 0 Å². The molecular formula is C10H14Cl2N2O2S. The fourth-order valence-corrected chi connectivity index (χ4v) is 3.07. The first kappa shape index (κ1) is 14.7. The van der Waals surface area contributed by atoms with E-state index in [0.717, 1.165) is 0 Å².